The third-order valence-corrected chi connectivity index (χ3v) is 4.34. The molecule has 3 aliphatic rings. The Balaban J connectivity index is 1.73. The van der Waals surface area contributed by atoms with Crippen LogP contribution in [0.15, 0.2) is 24.3 Å². The molecular weight excluding hydrogens is 232 g/mol. The molecule has 0 unspecified atom stereocenters. The smallest absolute Gasteiger partial charge is 0.334 e. The van der Waals surface area contributed by atoms with E-state index in [2.05, 4.69) is 13.2 Å². The molecule has 2 aliphatic heterocycles. The first-order valence-corrected chi connectivity index (χ1v) is 6.26. The fourth-order valence-electron chi connectivity index (χ4n) is 3.25. The van der Waals surface area contributed by atoms with Crippen LogP contribution in [0.4, 0.5) is 0 Å². The summed E-state index contributed by atoms with van der Waals surface area (Å²) in [5.74, 6) is -0.558. The van der Waals surface area contributed by atoms with Crippen molar-refractivity contribution < 1.29 is 19.1 Å². The van der Waals surface area contributed by atoms with E-state index in [1.807, 2.05) is 0 Å². The molecule has 4 nitrogen and oxygen atoms in total. The third kappa shape index (κ3) is 1.59. The minimum absolute atomic E-state index is 0.279. The first-order chi connectivity index (χ1) is 8.44. The van der Waals surface area contributed by atoms with Gasteiger partial charge in [0.05, 0.1) is 0 Å². The Hall–Kier alpha value is -1.58. The lowest BCUT2D eigenvalue weighted by molar-refractivity contribution is -0.163. The molecule has 0 bridgehead atoms. The van der Waals surface area contributed by atoms with Gasteiger partial charge in [-0.25, -0.2) is 9.59 Å². The second-order valence-corrected chi connectivity index (χ2v) is 5.71. The van der Waals surface area contributed by atoms with Gasteiger partial charge >= 0.3 is 11.9 Å². The van der Waals surface area contributed by atoms with E-state index in [0.717, 1.165) is 25.7 Å². The van der Waals surface area contributed by atoms with Gasteiger partial charge in [0.2, 0.25) is 0 Å². The van der Waals surface area contributed by atoms with E-state index in [1.165, 1.54) is 0 Å². The van der Waals surface area contributed by atoms with Crippen molar-refractivity contribution in [1.82, 2.24) is 0 Å². The summed E-state index contributed by atoms with van der Waals surface area (Å²) >= 11 is 0. The fourth-order valence-corrected chi connectivity index (χ4v) is 3.25. The van der Waals surface area contributed by atoms with Crippen LogP contribution in [0.2, 0.25) is 0 Å². The van der Waals surface area contributed by atoms with Crippen LogP contribution < -0.4 is 0 Å². The van der Waals surface area contributed by atoms with Crippen LogP contribution in [-0.2, 0) is 19.1 Å². The molecule has 2 heterocycles. The molecule has 0 N–H and O–H groups in total. The normalized spacial score (nSPS) is 39.6. The molecule has 18 heavy (non-hydrogen) atoms. The first kappa shape index (κ1) is 11.5. The lowest BCUT2D eigenvalue weighted by Crippen LogP contribution is -2.42. The quantitative estimate of drug-likeness (QED) is 0.486. The molecule has 0 atom stereocenters. The monoisotopic (exact) mass is 248 g/mol. The van der Waals surface area contributed by atoms with Gasteiger partial charge in [0.15, 0.2) is 0 Å². The average Bonchev–Trinajstić information content (AvgIpc) is 2.74. The first-order valence-electron chi connectivity index (χ1n) is 6.26. The maximum atomic E-state index is 11.4. The molecule has 3 fully saturated rings. The second kappa shape index (κ2) is 3.46. The maximum Gasteiger partial charge on any atom is 0.334 e. The van der Waals surface area contributed by atoms with Gasteiger partial charge in [-0.2, -0.15) is 0 Å². The molecule has 0 aromatic carbocycles. The van der Waals surface area contributed by atoms with Gasteiger partial charge in [-0.3, -0.25) is 0 Å². The van der Waals surface area contributed by atoms with Crippen LogP contribution >= 0.6 is 0 Å². The number of esters is 2. The minimum Gasteiger partial charge on any atom is -0.455 e. The van der Waals surface area contributed by atoms with E-state index in [9.17, 15) is 9.59 Å². The number of ether oxygens (including phenoxy) is 2. The summed E-state index contributed by atoms with van der Waals surface area (Å²) in [6.07, 6.45) is 4.15. The highest BCUT2D eigenvalue weighted by Gasteiger charge is 2.53. The molecule has 0 aromatic heterocycles. The Bertz CT molecular complexity index is 386. The van der Waals surface area contributed by atoms with Gasteiger partial charge in [-0.15, -0.1) is 0 Å². The Labute approximate surface area is 106 Å². The van der Waals surface area contributed by atoms with Crippen LogP contribution in [0.5, 0.6) is 0 Å². The van der Waals surface area contributed by atoms with E-state index in [1.54, 1.807) is 0 Å². The van der Waals surface area contributed by atoms with Crippen molar-refractivity contribution in [2.24, 2.45) is 0 Å². The zero-order valence-corrected chi connectivity index (χ0v) is 10.3. The summed E-state index contributed by atoms with van der Waals surface area (Å²) in [5, 5.41) is 0. The fraction of sp³-hybridized carbons (Fsp3) is 0.571. The predicted molar refractivity (Wildman–Crippen MR) is 63.6 cm³/mol. The SMILES string of the molecule is C=C1CC2(CCC3(CC2)CC(=C)C(=O)O3)OC1=O. The molecule has 96 valence electrons. The number of carbonyl (C=O) groups excluding carboxylic acids is 2. The van der Waals surface area contributed by atoms with E-state index < -0.39 is 11.2 Å². The van der Waals surface area contributed by atoms with Crippen molar-refractivity contribution in [3.8, 4) is 0 Å². The van der Waals surface area contributed by atoms with Gasteiger partial charge < -0.3 is 9.47 Å². The van der Waals surface area contributed by atoms with Crippen LogP contribution in [0.3, 0.4) is 0 Å². The Morgan fingerprint density at radius 2 is 1.11 bits per heavy atom. The van der Waals surface area contributed by atoms with Crippen LogP contribution in [0.25, 0.3) is 0 Å². The second-order valence-electron chi connectivity index (χ2n) is 5.71. The van der Waals surface area contributed by atoms with Gasteiger partial charge in [-0.1, -0.05) is 13.2 Å². The van der Waals surface area contributed by atoms with Gasteiger partial charge in [0.25, 0.3) is 0 Å². The predicted octanol–water partition coefficient (Wildman–Crippen LogP) is 2.04. The number of carbonyl (C=O) groups is 2. The van der Waals surface area contributed by atoms with E-state index in [0.29, 0.717) is 24.0 Å². The number of hydrogen-bond acceptors (Lipinski definition) is 4. The zero-order valence-electron chi connectivity index (χ0n) is 10.3. The summed E-state index contributed by atoms with van der Waals surface area (Å²) in [6, 6.07) is 0. The summed E-state index contributed by atoms with van der Waals surface area (Å²) in [4.78, 5) is 22.9. The summed E-state index contributed by atoms with van der Waals surface area (Å²) in [5.41, 5.74) is 0.323. The topological polar surface area (TPSA) is 52.6 Å². The van der Waals surface area contributed by atoms with Crippen LogP contribution in [0.1, 0.15) is 38.5 Å². The summed E-state index contributed by atoms with van der Waals surface area (Å²) < 4.78 is 10.9. The van der Waals surface area contributed by atoms with Crippen molar-refractivity contribution in [3.05, 3.63) is 24.3 Å². The van der Waals surface area contributed by atoms with Gasteiger partial charge in [0.1, 0.15) is 11.2 Å². The van der Waals surface area contributed by atoms with Crippen molar-refractivity contribution >= 4 is 11.9 Å². The summed E-state index contributed by atoms with van der Waals surface area (Å²) in [7, 11) is 0. The average molecular weight is 248 g/mol. The number of hydrogen-bond donors (Lipinski definition) is 0. The largest absolute Gasteiger partial charge is 0.455 e. The van der Waals surface area contributed by atoms with E-state index >= 15 is 0 Å². The zero-order chi connectivity index (χ0) is 13.0. The van der Waals surface area contributed by atoms with Gasteiger partial charge in [-0.05, 0) is 25.7 Å². The lowest BCUT2D eigenvalue weighted by Gasteiger charge is -2.40. The Morgan fingerprint density at radius 1 is 0.778 bits per heavy atom. The molecule has 3 rings (SSSR count). The molecule has 2 saturated heterocycles. The summed E-state index contributed by atoms with van der Waals surface area (Å²) in [6.45, 7) is 7.45. The van der Waals surface area contributed by atoms with E-state index in [4.69, 9.17) is 9.47 Å². The molecule has 1 saturated carbocycles. The standard InChI is InChI=1S/C14H16O4/c1-9-7-13(17-11(9)15)3-5-14(6-4-13)8-10(2)12(16)18-14/h1-8H2. The van der Waals surface area contributed by atoms with Crippen LogP contribution in [-0.4, -0.2) is 23.1 Å². The van der Waals surface area contributed by atoms with Crippen molar-refractivity contribution in [2.75, 3.05) is 0 Å². The molecule has 4 heteroatoms. The highest BCUT2D eigenvalue weighted by Crippen LogP contribution is 2.49. The lowest BCUT2D eigenvalue weighted by atomic mass is 9.73. The van der Waals surface area contributed by atoms with Crippen molar-refractivity contribution in [3.63, 3.8) is 0 Å². The highest BCUT2D eigenvalue weighted by atomic mass is 16.6. The maximum absolute atomic E-state index is 11.4. The molecule has 1 aliphatic carbocycles. The van der Waals surface area contributed by atoms with Crippen molar-refractivity contribution in [1.29, 1.82) is 0 Å². The van der Waals surface area contributed by atoms with Crippen LogP contribution in [0, 0.1) is 0 Å². The molecule has 0 radical (unpaired) electrons. The minimum atomic E-state index is -0.393. The van der Waals surface area contributed by atoms with Crippen molar-refractivity contribution in [2.45, 2.75) is 49.7 Å². The Kier molecular flexibility index (Phi) is 2.22. The highest BCUT2D eigenvalue weighted by molar-refractivity contribution is 5.91. The molecule has 0 aromatic rings. The number of rotatable bonds is 0. The third-order valence-electron chi connectivity index (χ3n) is 4.34. The molecule has 0 amide bonds. The molecule has 2 spiro atoms. The molecular formula is C14H16O4. The Morgan fingerprint density at radius 3 is 1.33 bits per heavy atom. The van der Waals surface area contributed by atoms with E-state index in [-0.39, 0.29) is 11.9 Å². The van der Waals surface area contributed by atoms with Gasteiger partial charge in [0, 0.05) is 24.0 Å².